The summed E-state index contributed by atoms with van der Waals surface area (Å²) in [5, 5.41) is 19.4. The smallest absolute Gasteiger partial charge is 0.261 e. The summed E-state index contributed by atoms with van der Waals surface area (Å²) in [5.74, 6) is -0.632. The molecule has 5 nitrogen and oxygen atoms in total. The monoisotopic (exact) mass is 264 g/mol. The molecule has 0 saturated carbocycles. The molecule has 0 aliphatic carbocycles. The van der Waals surface area contributed by atoms with Crippen LogP contribution in [0.25, 0.3) is 0 Å². The summed E-state index contributed by atoms with van der Waals surface area (Å²) < 4.78 is 0. The average molecular weight is 264 g/mol. The van der Waals surface area contributed by atoms with Crippen LogP contribution >= 0.6 is 0 Å². The van der Waals surface area contributed by atoms with E-state index in [1.54, 1.807) is 4.90 Å². The molecule has 5 heteroatoms. The fraction of sp³-hybridized carbons (Fsp3) is 0.500. The van der Waals surface area contributed by atoms with Crippen molar-refractivity contribution in [3.8, 4) is 11.5 Å². The first-order valence-electron chi connectivity index (χ1n) is 6.47. The van der Waals surface area contributed by atoms with Gasteiger partial charge in [0.05, 0.1) is 0 Å². The number of likely N-dealkylation sites (tertiary alicyclic amines) is 1. The minimum Gasteiger partial charge on any atom is -0.507 e. The number of carbonyl (C=O) groups is 1. The Balaban J connectivity index is 2.10. The zero-order chi connectivity index (χ0) is 14.0. The predicted octanol–water partition coefficient (Wildman–Crippen LogP) is 1.26. The lowest BCUT2D eigenvalue weighted by Crippen LogP contribution is -2.44. The Morgan fingerprint density at radius 2 is 1.74 bits per heavy atom. The van der Waals surface area contributed by atoms with E-state index in [9.17, 15) is 15.0 Å². The van der Waals surface area contributed by atoms with Gasteiger partial charge >= 0.3 is 0 Å². The van der Waals surface area contributed by atoms with E-state index in [2.05, 4.69) is 4.90 Å². The minimum atomic E-state index is -0.298. The van der Waals surface area contributed by atoms with Crippen LogP contribution in [0.1, 0.15) is 23.2 Å². The number of piperidine rings is 1. The molecule has 104 valence electrons. The molecule has 1 aliphatic heterocycles. The van der Waals surface area contributed by atoms with Gasteiger partial charge in [-0.3, -0.25) is 4.79 Å². The SMILES string of the molecule is CN(C)C1CCN(C(=O)c2c(O)cccc2O)CC1. The van der Waals surface area contributed by atoms with Crippen molar-refractivity contribution in [3.63, 3.8) is 0 Å². The van der Waals surface area contributed by atoms with Gasteiger partial charge in [-0.2, -0.15) is 0 Å². The second kappa shape index (κ2) is 5.48. The number of aromatic hydroxyl groups is 2. The van der Waals surface area contributed by atoms with Gasteiger partial charge in [0.15, 0.2) is 0 Å². The highest BCUT2D eigenvalue weighted by molar-refractivity contribution is 5.99. The van der Waals surface area contributed by atoms with Crippen molar-refractivity contribution >= 4 is 5.91 Å². The van der Waals surface area contributed by atoms with Gasteiger partial charge in [0, 0.05) is 19.1 Å². The summed E-state index contributed by atoms with van der Waals surface area (Å²) in [6.45, 7) is 1.30. The van der Waals surface area contributed by atoms with E-state index in [0.29, 0.717) is 19.1 Å². The van der Waals surface area contributed by atoms with Crippen LogP contribution in [-0.2, 0) is 0 Å². The molecule has 2 rings (SSSR count). The molecule has 0 spiro atoms. The van der Waals surface area contributed by atoms with Crippen molar-refractivity contribution in [2.75, 3.05) is 27.2 Å². The average Bonchev–Trinajstić information content (AvgIpc) is 2.38. The lowest BCUT2D eigenvalue weighted by Gasteiger charge is -2.35. The van der Waals surface area contributed by atoms with E-state index < -0.39 is 0 Å². The second-order valence-corrected chi connectivity index (χ2v) is 5.16. The van der Waals surface area contributed by atoms with E-state index in [1.807, 2.05) is 14.1 Å². The number of carbonyl (C=O) groups excluding carboxylic acids is 1. The molecule has 0 radical (unpaired) electrons. The highest BCUT2D eigenvalue weighted by Gasteiger charge is 2.27. The first-order valence-corrected chi connectivity index (χ1v) is 6.47. The van der Waals surface area contributed by atoms with Crippen molar-refractivity contribution in [3.05, 3.63) is 23.8 Å². The highest BCUT2D eigenvalue weighted by Crippen LogP contribution is 2.28. The third kappa shape index (κ3) is 2.81. The Morgan fingerprint density at radius 1 is 1.21 bits per heavy atom. The number of hydrogen-bond acceptors (Lipinski definition) is 4. The van der Waals surface area contributed by atoms with E-state index in [0.717, 1.165) is 12.8 Å². The number of rotatable bonds is 2. The summed E-state index contributed by atoms with van der Waals surface area (Å²) in [6.07, 6.45) is 1.82. The third-order valence-electron chi connectivity index (χ3n) is 3.72. The summed E-state index contributed by atoms with van der Waals surface area (Å²) in [4.78, 5) is 16.2. The molecular formula is C14H20N2O3. The molecule has 1 fully saturated rings. The Kier molecular flexibility index (Phi) is 3.95. The van der Waals surface area contributed by atoms with Gasteiger partial charge in [-0.05, 0) is 39.1 Å². The van der Waals surface area contributed by atoms with Crippen molar-refractivity contribution in [1.82, 2.24) is 9.80 Å². The van der Waals surface area contributed by atoms with Gasteiger partial charge in [0.1, 0.15) is 17.1 Å². The van der Waals surface area contributed by atoms with E-state index in [4.69, 9.17) is 0 Å². The molecule has 1 amide bonds. The molecule has 1 aliphatic rings. The lowest BCUT2D eigenvalue weighted by atomic mass is 10.0. The molecule has 0 aromatic heterocycles. The molecule has 1 heterocycles. The third-order valence-corrected chi connectivity index (χ3v) is 3.72. The standard InChI is InChI=1S/C14H20N2O3/c1-15(2)10-6-8-16(9-7-10)14(19)13-11(17)4-3-5-12(13)18/h3-5,10,17-18H,6-9H2,1-2H3. The Labute approximate surface area is 113 Å². The normalized spacial score (nSPS) is 16.9. The largest absolute Gasteiger partial charge is 0.507 e. The summed E-state index contributed by atoms with van der Waals surface area (Å²) in [5.41, 5.74) is 0.00537. The molecule has 1 aromatic carbocycles. The summed E-state index contributed by atoms with van der Waals surface area (Å²) in [7, 11) is 4.08. The van der Waals surface area contributed by atoms with Crippen molar-refractivity contribution in [2.45, 2.75) is 18.9 Å². The highest BCUT2D eigenvalue weighted by atomic mass is 16.3. The van der Waals surface area contributed by atoms with Crippen molar-refractivity contribution < 1.29 is 15.0 Å². The van der Waals surface area contributed by atoms with Crippen LogP contribution in [0.4, 0.5) is 0 Å². The fourth-order valence-electron chi connectivity index (χ4n) is 2.49. The van der Waals surface area contributed by atoms with E-state index in [1.165, 1.54) is 18.2 Å². The van der Waals surface area contributed by atoms with Gasteiger partial charge in [-0.25, -0.2) is 0 Å². The molecule has 19 heavy (non-hydrogen) atoms. The molecule has 1 saturated heterocycles. The predicted molar refractivity (Wildman–Crippen MR) is 72.4 cm³/mol. The first-order chi connectivity index (χ1) is 9.00. The second-order valence-electron chi connectivity index (χ2n) is 5.16. The Hall–Kier alpha value is -1.75. The number of benzene rings is 1. The minimum absolute atomic E-state index is 0.00537. The van der Waals surface area contributed by atoms with Crippen molar-refractivity contribution in [1.29, 1.82) is 0 Å². The molecule has 0 bridgehead atoms. The quantitative estimate of drug-likeness (QED) is 0.844. The number of hydrogen-bond donors (Lipinski definition) is 2. The van der Waals surface area contributed by atoms with Crippen LogP contribution in [0.3, 0.4) is 0 Å². The summed E-state index contributed by atoms with van der Waals surface area (Å²) >= 11 is 0. The van der Waals surface area contributed by atoms with Crippen LogP contribution in [0.15, 0.2) is 18.2 Å². The number of amides is 1. The maximum absolute atomic E-state index is 12.3. The molecular weight excluding hydrogens is 244 g/mol. The molecule has 0 unspecified atom stereocenters. The zero-order valence-corrected chi connectivity index (χ0v) is 11.3. The van der Waals surface area contributed by atoms with Gasteiger partial charge in [-0.15, -0.1) is 0 Å². The fourth-order valence-corrected chi connectivity index (χ4v) is 2.49. The van der Waals surface area contributed by atoms with Crippen LogP contribution < -0.4 is 0 Å². The number of nitrogens with zero attached hydrogens (tertiary/aromatic N) is 2. The molecule has 1 aromatic rings. The molecule has 0 atom stereocenters. The summed E-state index contributed by atoms with van der Waals surface area (Å²) in [6, 6.07) is 4.83. The van der Waals surface area contributed by atoms with Gasteiger partial charge in [0.25, 0.3) is 5.91 Å². The lowest BCUT2D eigenvalue weighted by molar-refractivity contribution is 0.0657. The molecule has 2 N–H and O–H groups in total. The maximum atomic E-state index is 12.3. The van der Waals surface area contributed by atoms with Gasteiger partial charge in [-0.1, -0.05) is 6.07 Å². The topological polar surface area (TPSA) is 64.0 Å². The number of phenolic OH excluding ortho intramolecular Hbond substituents is 2. The van der Waals surface area contributed by atoms with Crippen molar-refractivity contribution in [2.24, 2.45) is 0 Å². The first kappa shape index (κ1) is 13.7. The van der Waals surface area contributed by atoms with E-state index in [-0.39, 0.29) is 23.0 Å². The van der Waals surface area contributed by atoms with Crippen LogP contribution in [0.2, 0.25) is 0 Å². The Bertz CT molecular complexity index is 446. The van der Waals surface area contributed by atoms with Crippen LogP contribution in [0, 0.1) is 0 Å². The van der Waals surface area contributed by atoms with E-state index >= 15 is 0 Å². The zero-order valence-electron chi connectivity index (χ0n) is 11.3. The van der Waals surface area contributed by atoms with Gasteiger partial charge < -0.3 is 20.0 Å². The van der Waals surface area contributed by atoms with Crippen LogP contribution in [0.5, 0.6) is 11.5 Å². The van der Waals surface area contributed by atoms with Crippen LogP contribution in [-0.4, -0.2) is 59.1 Å². The number of phenols is 2. The van der Waals surface area contributed by atoms with Gasteiger partial charge in [0.2, 0.25) is 0 Å². The maximum Gasteiger partial charge on any atom is 0.261 e. The Morgan fingerprint density at radius 3 is 2.21 bits per heavy atom.